The molecule has 0 aliphatic carbocycles. The molecular formula is C29H29F2N5O3. The number of hydrogen-bond donors (Lipinski definition) is 0. The summed E-state index contributed by atoms with van der Waals surface area (Å²) in [7, 11) is 0. The van der Waals surface area contributed by atoms with E-state index in [0.717, 1.165) is 43.8 Å². The summed E-state index contributed by atoms with van der Waals surface area (Å²) in [4.78, 5) is 24.7. The van der Waals surface area contributed by atoms with Crippen LogP contribution in [0, 0.1) is 28.4 Å². The lowest BCUT2D eigenvalue weighted by Crippen LogP contribution is -2.62. The minimum atomic E-state index is -0.948. The number of aromatic nitrogens is 2. The van der Waals surface area contributed by atoms with Gasteiger partial charge < -0.3 is 19.3 Å². The Bertz CT molecular complexity index is 1430. The van der Waals surface area contributed by atoms with Gasteiger partial charge in [-0.15, -0.1) is 0 Å². The van der Waals surface area contributed by atoms with Crippen LogP contribution in [0.2, 0.25) is 0 Å². The highest BCUT2D eigenvalue weighted by molar-refractivity contribution is 5.69. The number of piperidine rings is 1. The van der Waals surface area contributed by atoms with Gasteiger partial charge in [-0.05, 0) is 63.4 Å². The Morgan fingerprint density at radius 3 is 2.44 bits per heavy atom. The molecular weight excluding hydrogens is 504 g/mol. The highest BCUT2D eigenvalue weighted by atomic mass is 19.2. The van der Waals surface area contributed by atoms with Crippen molar-refractivity contribution in [3.8, 4) is 28.8 Å². The molecule has 0 saturated carbocycles. The molecule has 0 bridgehead atoms. The van der Waals surface area contributed by atoms with E-state index < -0.39 is 17.2 Å². The van der Waals surface area contributed by atoms with Crippen LogP contribution in [0.4, 0.5) is 19.3 Å². The van der Waals surface area contributed by atoms with E-state index in [-0.39, 0.29) is 23.1 Å². The largest absolute Gasteiger partial charge is 0.444 e. The Labute approximate surface area is 225 Å². The molecule has 39 heavy (non-hydrogen) atoms. The van der Waals surface area contributed by atoms with Crippen molar-refractivity contribution in [2.75, 3.05) is 31.1 Å². The minimum Gasteiger partial charge on any atom is -0.444 e. The van der Waals surface area contributed by atoms with E-state index in [4.69, 9.17) is 9.47 Å². The third-order valence-corrected chi connectivity index (χ3v) is 7.01. The van der Waals surface area contributed by atoms with E-state index >= 15 is 0 Å². The quantitative estimate of drug-likeness (QED) is 0.411. The van der Waals surface area contributed by atoms with E-state index in [0.29, 0.717) is 30.0 Å². The van der Waals surface area contributed by atoms with Crippen molar-refractivity contribution in [3.05, 3.63) is 66.1 Å². The average molecular weight is 534 g/mol. The van der Waals surface area contributed by atoms with Crippen LogP contribution in [0.25, 0.3) is 11.1 Å². The van der Waals surface area contributed by atoms with Crippen LogP contribution in [0.3, 0.4) is 0 Å². The second-order valence-corrected chi connectivity index (χ2v) is 11.1. The van der Waals surface area contributed by atoms with Crippen LogP contribution in [0.15, 0.2) is 48.8 Å². The molecule has 0 unspecified atom stereocenters. The first-order chi connectivity index (χ1) is 18.5. The molecule has 0 atom stereocenters. The normalized spacial score (nSPS) is 16.4. The maximum Gasteiger partial charge on any atom is 0.410 e. The fourth-order valence-electron chi connectivity index (χ4n) is 5.01. The van der Waals surface area contributed by atoms with E-state index in [1.807, 2.05) is 26.8 Å². The smallest absolute Gasteiger partial charge is 0.410 e. The Balaban J connectivity index is 1.22. The summed E-state index contributed by atoms with van der Waals surface area (Å²) in [5.41, 5.74) is 1.56. The fraction of sp³-hybridized carbons (Fsp3) is 0.379. The molecule has 8 nitrogen and oxygen atoms in total. The van der Waals surface area contributed by atoms with Crippen LogP contribution in [0.1, 0.15) is 39.3 Å². The van der Waals surface area contributed by atoms with Crippen molar-refractivity contribution in [1.82, 2.24) is 14.9 Å². The first kappa shape index (κ1) is 26.4. The molecule has 0 N–H and O–H groups in total. The van der Waals surface area contributed by atoms with E-state index in [1.54, 1.807) is 17.0 Å². The van der Waals surface area contributed by atoms with Gasteiger partial charge in [0.25, 0.3) is 0 Å². The molecule has 5 rings (SSSR count). The van der Waals surface area contributed by atoms with Crippen LogP contribution < -0.4 is 9.64 Å². The zero-order chi connectivity index (χ0) is 27.8. The number of anilines is 1. The van der Waals surface area contributed by atoms with Crippen molar-refractivity contribution in [2.24, 2.45) is 5.41 Å². The average Bonchev–Trinajstić information content (AvgIpc) is 2.88. The van der Waals surface area contributed by atoms with Gasteiger partial charge in [0.2, 0.25) is 5.88 Å². The van der Waals surface area contributed by atoms with Gasteiger partial charge in [0.15, 0.2) is 17.3 Å². The highest BCUT2D eigenvalue weighted by Crippen LogP contribution is 2.42. The van der Waals surface area contributed by atoms with Gasteiger partial charge in [0, 0.05) is 49.4 Å². The standard InChI is InChI=1S/C29H29F2N5O3/c1-28(2,3)39-27(37)36-17-29(18-36)8-10-35(11-9-29)25-6-7-26(34-24(25)14-32)38-21-12-20(15-33-16-21)19-4-5-22(30)23(31)13-19/h4-7,12-13,15-16H,8-11,17-18H2,1-3H3. The van der Waals surface area contributed by atoms with Gasteiger partial charge >= 0.3 is 6.09 Å². The molecule has 10 heteroatoms. The zero-order valence-electron chi connectivity index (χ0n) is 22.1. The SMILES string of the molecule is CC(C)(C)OC(=O)N1CC2(CCN(c3ccc(Oc4cncc(-c5ccc(F)c(F)c5)c4)nc3C#N)CC2)C1. The zero-order valence-corrected chi connectivity index (χ0v) is 22.1. The molecule has 0 radical (unpaired) electrons. The Morgan fingerprint density at radius 2 is 1.77 bits per heavy atom. The number of carbonyl (C=O) groups excluding carboxylic acids is 1. The molecule has 2 aliphatic rings. The van der Waals surface area contributed by atoms with Gasteiger partial charge in [-0.3, -0.25) is 4.98 Å². The number of rotatable bonds is 4. The summed E-state index contributed by atoms with van der Waals surface area (Å²) in [6.45, 7) is 8.45. The molecule has 1 aromatic carbocycles. The summed E-state index contributed by atoms with van der Waals surface area (Å²) in [5.74, 6) is -1.30. The Kier molecular flexibility index (Phi) is 6.85. The fourth-order valence-corrected chi connectivity index (χ4v) is 5.01. The number of carbonyl (C=O) groups is 1. The Hall–Kier alpha value is -4.26. The number of halogens is 2. The predicted octanol–water partition coefficient (Wildman–Crippen LogP) is 5.92. The number of amides is 1. The lowest BCUT2D eigenvalue weighted by atomic mass is 9.72. The monoisotopic (exact) mass is 533 g/mol. The summed E-state index contributed by atoms with van der Waals surface area (Å²) in [6.07, 6.45) is 4.53. The molecule has 2 aromatic heterocycles. The molecule has 2 aliphatic heterocycles. The number of pyridine rings is 2. The van der Waals surface area contributed by atoms with Crippen molar-refractivity contribution in [3.63, 3.8) is 0 Å². The van der Waals surface area contributed by atoms with Crippen LogP contribution in [0.5, 0.6) is 11.6 Å². The maximum absolute atomic E-state index is 13.7. The Morgan fingerprint density at radius 1 is 1.03 bits per heavy atom. The number of ether oxygens (including phenoxy) is 2. The number of hydrogen-bond acceptors (Lipinski definition) is 7. The van der Waals surface area contributed by atoms with Gasteiger partial charge in [0.05, 0.1) is 11.9 Å². The topological polar surface area (TPSA) is 91.6 Å². The molecule has 1 spiro atoms. The second kappa shape index (κ2) is 10.1. The molecule has 202 valence electrons. The molecule has 1 amide bonds. The minimum absolute atomic E-state index is 0.0855. The molecule has 2 saturated heterocycles. The highest BCUT2D eigenvalue weighted by Gasteiger charge is 2.48. The lowest BCUT2D eigenvalue weighted by molar-refractivity contribution is -0.0434. The predicted molar refractivity (Wildman–Crippen MR) is 140 cm³/mol. The van der Waals surface area contributed by atoms with Gasteiger partial charge in [-0.1, -0.05) is 6.07 Å². The summed E-state index contributed by atoms with van der Waals surface area (Å²) in [5, 5.41) is 9.80. The van der Waals surface area contributed by atoms with Crippen LogP contribution >= 0.6 is 0 Å². The van der Waals surface area contributed by atoms with E-state index in [1.165, 1.54) is 18.5 Å². The van der Waals surface area contributed by atoms with E-state index in [9.17, 15) is 18.8 Å². The molecule has 4 heterocycles. The third-order valence-electron chi connectivity index (χ3n) is 7.01. The van der Waals surface area contributed by atoms with E-state index in [2.05, 4.69) is 20.9 Å². The summed E-state index contributed by atoms with van der Waals surface area (Å²) >= 11 is 0. The maximum atomic E-state index is 13.7. The van der Waals surface area contributed by atoms with Gasteiger partial charge in [-0.2, -0.15) is 5.26 Å². The summed E-state index contributed by atoms with van der Waals surface area (Å²) in [6, 6.07) is 10.9. The molecule has 2 fully saturated rings. The first-order valence-electron chi connectivity index (χ1n) is 12.8. The number of nitriles is 1. The van der Waals surface area contributed by atoms with Gasteiger partial charge in [-0.25, -0.2) is 18.6 Å². The number of benzene rings is 1. The van der Waals surface area contributed by atoms with Crippen molar-refractivity contribution < 1.29 is 23.0 Å². The molecule has 3 aromatic rings. The lowest BCUT2D eigenvalue weighted by Gasteiger charge is -2.53. The summed E-state index contributed by atoms with van der Waals surface area (Å²) < 4.78 is 38.3. The van der Waals surface area contributed by atoms with Gasteiger partial charge in [0.1, 0.15) is 17.4 Å². The van der Waals surface area contributed by atoms with Crippen molar-refractivity contribution in [2.45, 2.75) is 39.2 Å². The van der Waals surface area contributed by atoms with Crippen molar-refractivity contribution in [1.29, 1.82) is 5.26 Å². The van der Waals surface area contributed by atoms with Crippen LogP contribution in [-0.4, -0.2) is 52.7 Å². The number of likely N-dealkylation sites (tertiary alicyclic amines) is 1. The number of nitrogens with zero attached hydrogens (tertiary/aromatic N) is 5. The third kappa shape index (κ3) is 5.77. The second-order valence-electron chi connectivity index (χ2n) is 11.1. The van der Waals surface area contributed by atoms with Crippen LogP contribution in [-0.2, 0) is 4.74 Å². The van der Waals surface area contributed by atoms with Crippen molar-refractivity contribution >= 4 is 11.8 Å². The first-order valence-corrected chi connectivity index (χ1v) is 12.8.